The average Bonchev–Trinajstić information content (AvgIpc) is 2.99. The van der Waals surface area contributed by atoms with E-state index in [9.17, 15) is 14.9 Å². The van der Waals surface area contributed by atoms with Crippen molar-refractivity contribution in [3.05, 3.63) is 28.0 Å². The molecule has 0 saturated carbocycles. The molecule has 1 atom stereocenters. The molecule has 7 heteroatoms. The molecule has 0 bridgehead atoms. The summed E-state index contributed by atoms with van der Waals surface area (Å²) in [7, 11) is 0. The van der Waals surface area contributed by atoms with Crippen molar-refractivity contribution in [2.45, 2.75) is 25.4 Å². The van der Waals surface area contributed by atoms with E-state index in [4.69, 9.17) is 9.15 Å². The van der Waals surface area contributed by atoms with Crippen molar-refractivity contribution >= 4 is 11.8 Å². The number of nitrogens with one attached hydrogen (secondary N) is 1. The van der Waals surface area contributed by atoms with Crippen LogP contribution in [0.5, 0.6) is 0 Å². The normalized spacial score (nSPS) is 18.8. The maximum atomic E-state index is 11.6. The fourth-order valence-corrected chi connectivity index (χ4v) is 1.85. The Morgan fingerprint density at radius 3 is 3.00 bits per heavy atom. The van der Waals surface area contributed by atoms with Crippen molar-refractivity contribution in [2.24, 2.45) is 0 Å². The van der Waals surface area contributed by atoms with E-state index < -0.39 is 16.7 Å². The van der Waals surface area contributed by atoms with Crippen molar-refractivity contribution in [2.75, 3.05) is 13.2 Å². The first-order valence-electron chi connectivity index (χ1n) is 5.81. The molecule has 1 fully saturated rings. The molecule has 0 unspecified atom stereocenters. The van der Waals surface area contributed by atoms with Crippen molar-refractivity contribution in [3.63, 3.8) is 0 Å². The summed E-state index contributed by atoms with van der Waals surface area (Å²) < 4.78 is 10.2. The van der Waals surface area contributed by atoms with Crippen molar-refractivity contribution in [1.29, 1.82) is 0 Å². The first-order chi connectivity index (χ1) is 8.66. The lowest BCUT2D eigenvalue weighted by Gasteiger charge is -2.08. The molecule has 1 saturated heterocycles. The van der Waals surface area contributed by atoms with E-state index in [1.807, 2.05) is 0 Å². The molecule has 0 radical (unpaired) electrons. The average molecular weight is 254 g/mol. The molecular weight excluding hydrogens is 240 g/mol. The van der Waals surface area contributed by atoms with E-state index in [2.05, 4.69) is 5.32 Å². The smallest absolute Gasteiger partial charge is 0.395 e. The minimum absolute atomic E-state index is 0.0472. The number of nitro groups is 1. The Morgan fingerprint density at radius 1 is 1.56 bits per heavy atom. The van der Waals surface area contributed by atoms with Crippen LogP contribution in [0.15, 0.2) is 16.5 Å². The highest BCUT2D eigenvalue weighted by molar-refractivity contribution is 5.91. The fraction of sp³-hybridized carbons (Fsp3) is 0.545. The van der Waals surface area contributed by atoms with Crippen LogP contribution in [-0.4, -0.2) is 30.1 Å². The van der Waals surface area contributed by atoms with Gasteiger partial charge in [0, 0.05) is 13.2 Å². The SMILES string of the molecule is O=C(NCC[C@H]1CCCO1)c1ccc([N+](=O)[O-])o1. The Bertz CT molecular complexity index is 436. The fourth-order valence-electron chi connectivity index (χ4n) is 1.85. The van der Waals surface area contributed by atoms with Crippen LogP contribution in [-0.2, 0) is 4.74 Å². The zero-order valence-corrected chi connectivity index (χ0v) is 9.76. The maximum Gasteiger partial charge on any atom is 0.433 e. The quantitative estimate of drug-likeness (QED) is 0.634. The van der Waals surface area contributed by atoms with Crippen LogP contribution in [0, 0.1) is 10.1 Å². The van der Waals surface area contributed by atoms with Crippen LogP contribution in [0.4, 0.5) is 5.88 Å². The second-order valence-electron chi connectivity index (χ2n) is 4.07. The van der Waals surface area contributed by atoms with Gasteiger partial charge >= 0.3 is 5.88 Å². The highest BCUT2D eigenvalue weighted by atomic mass is 16.6. The molecule has 1 aliphatic rings. The standard InChI is InChI=1S/C11H14N2O5/c14-11(9-3-4-10(18-9)13(15)16)12-6-5-8-2-1-7-17-8/h3-4,8H,1-2,5-7H2,(H,12,14)/t8-/m1/s1. The van der Waals surface area contributed by atoms with E-state index in [0.29, 0.717) is 6.54 Å². The first kappa shape index (κ1) is 12.6. The summed E-state index contributed by atoms with van der Waals surface area (Å²) in [5.74, 6) is -0.922. The monoisotopic (exact) mass is 254 g/mol. The van der Waals surface area contributed by atoms with Gasteiger partial charge in [-0.2, -0.15) is 0 Å². The van der Waals surface area contributed by atoms with Gasteiger partial charge in [0.25, 0.3) is 5.91 Å². The summed E-state index contributed by atoms with van der Waals surface area (Å²) in [6, 6.07) is 2.45. The van der Waals surface area contributed by atoms with Gasteiger partial charge in [0.2, 0.25) is 0 Å². The van der Waals surface area contributed by atoms with Crippen LogP contribution in [0.2, 0.25) is 0 Å². The lowest BCUT2D eigenvalue weighted by molar-refractivity contribution is -0.402. The Labute approximate surface area is 103 Å². The molecule has 18 heavy (non-hydrogen) atoms. The summed E-state index contributed by atoms with van der Waals surface area (Å²) in [5, 5.41) is 13.0. The van der Waals surface area contributed by atoms with Gasteiger partial charge in [0.1, 0.15) is 4.92 Å². The highest BCUT2D eigenvalue weighted by Crippen LogP contribution is 2.16. The van der Waals surface area contributed by atoms with Gasteiger partial charge in [0.05, 0.1) is 12.2 Å². The van der Waals surface area contributed by atoms with Crippen molar-refractivity contribution in [3.8, 4) is 0 Å². The molecule has 98 valence electrons. The number of rotatable bonds is 5. The third-order valence-electron chi connectivity index (χ3n) is 2.77. The minimum atomic E-state index is -0.677. The predicted molar refractivity (Wildman–Crippen MR) is 61.3 cm³/mol. The van der Waals surface area contributed by atoms with Gasteiger partial charge in [-0.05, 0) is 25.3 Å². The second-order valence-corrected chi connectivity index (χ2v) is 4.07. The summed E-state index contributed by atoms with van der Waals surface area (Å²) in [6.45, 7) is 1.25. The van der Waals surface area contributed by atoms with Crippen LogP contribution >= 0.6 is 0 Å². The Morgan fingerprint density at radius 2 is 2.39 bits per heavy atom. The summed E-state index contributed by atoms with van der Waals surface area (Å²) in [4.78, 5) is 21.3. The number of amides is 1. The largest absolute Gasteiger partial charge is 0.433 e. The number of ether oxygens (including phenoxy) is 1. The van der Waals surface area contributed by atoms with Crippen molar-refractivity contribution in [1.82, 2.24) is 5.32 Å². The lowest BCUT2D eigenvalue weighted by atomic mass is 10.2. The predicted octanol–water partition coefficient (Wildman–Crippen LogP) is 1.49. The second kappa shape index (κ2) is 5.63. The van der Waals surface area contributed by atoms with Gasteiger partial charge in [-0.1, -0.05) is 0 Å². The van der Waals surface area contributed by atoms with Gasteiger partial charge in [-0.15, -0.1) is 0 Å². The van der Waals surface area contributed by atoms with Crippen molar-refractivity contribution < 1.29 is 18.9 Å². The Hall–Kier alpha value is -1.89. The third-order valence-corrected chi connectivity index (χ3v) is 2.77. The highest BCUT2D eigenvalue weighted by Gasteiger charge is 2.18. The molecule has 7 nitrogen and oxygen atoms in total. The number of hydrogen-bond donors (Lipinski definition) is 1. The molecule has 1 aromatic heterocycles. The molecule has 0 aliphatic carbocycles. The minimum Gasteiger partial charge on any atom is -0.395 e. The molecule has 2 heterocycles. The number of furan rings is 1. The number of carbonyl (C=O) groups excluding carboxylic acids is 1. The third kappa shape index (κ3) is 3.07. The van der Waals surface area contributed by atoms with Gasteiger partial charge < -0.3 is 14.5 Å². The first-order valence-corrected chi connectivity index (χ1v) is 5.81. The number of carbonyl (C=O) groups is 1. The lowest BCUT2D eigenvalue weighted by Crippen LogP contribution is -2.26. The molecule has 1 aromatic rings. The van der Waals surface area contributed by atoms with E-state index in [-0.39, 0.29) is 11.9 Å². The Balaban J connectivity index is 1.77. The van der Waals surface area contributed by atoms with E-state index >= 15 is 0 Å². The summed E-state index contributed by atoms with van der Waals surface area (Å²) in [5.41, 5.74) is 0. The molecule has 2 rings (SSSR count). The molecule has 1 N–H and O–H groups in total. The van der Waals surface area contributed by atoms with Crippen LogP contribution in [0.1, 0.15) is 29.8 Å². The van der Waals surface area contributed by atoms with Crippen LogP contribution in [0.3, 0.4) is 0 Å². The van der Waals surface area contributed by atoms with Crippen LogP contribution < -0.4 is 5.32 Å². The van der Waals surface area contributed by atoms with Crippen LogP contribution in [0.25, 0.3) is 0 Å². The molecule has 1 aliphatic heterocycles. The summed E-state index contributed by atoms with van der Waals surface area (Å²) in [6.07, 6.45) is 3.02. The topological polar surface area (TPSA) is 94.6 Å². The number of nitrogens with zero attached hydrogens (tertiary/aromatic N) is 1. The zero-order valence-electron chi connectivity index (χ0n) is 9.76. The molecular formula is C11H14N2O5. The van der Waals surface area contributed by atoms with Gasteiger partial charge in [-0.25, -0.2) is 0 Å². The van der Waals surface area contributed by atoms with E-state index in [1.54, 1.807) is 0 Å². The molecule has 0 spiro atoms. The van der Waals surface area contributed by atoms with Gasteiger partial charge in [0.15, 0.2) is 5.76 Å². The Kier molecular flexibility index (Phi) is 3.93. The number of hydrogen-bond acceptors (Lipinski definition) is 5. The maximum absolute atomic E-state index is 11.6. The van der Waals surface area contributed by atoms with E-state index in [0.717, 1.165) is 31.9 Å². The van der Waals surface area contributed by atoms with Gasteiger partial charge in [-0.3, -0.25) is 14.9 Å². The molecule has 1 amide bonds. The zero-order chi connectivity index (χ0) is 13.0. The van der Waals surface area contributed by atoms with E-state index in [1.165, 1.54) is 6.07 Å². The molecule has 0 aromatic carbocycles. The summed E-state index contributed by atoms with van der Waals surface area (Å²) >= 11 is 0.